The molecule has 0 bridgehead atoms. The topological polar surface area (TPSA) is 61.8 Å². The fourth-order valence-electron chi connectivity index (χ4n) is 5.36. The van der Waals surface area contributed by atoms with Gasteiger partial charge in [0.05, 0.1) is 0 Å². The Labute approximate surface area is 438 Å². The van der Waals surface area contributed by atoms with Gasteiger partial charge in [-0.1, -0.05) is 0 Å². The summed E-state index contributed by atoms with van der Waals surface area (Å²) in [4.78, 5) is 28.5. The van der Waals surface area contributed by atoms with Crippen molar-refractivity contribution in [3.63, 3.8) is 0 Å². The second-order valence-corrected chi connectivity index (χ2v) is 40.8. The molecule has 3 aromatic rings. The van der Waals surface area contributed by atoms with Crippen molar-refractivity contribution < 1.29 is 49.5 Å². The first kappa shape index (κ1) is 58.8. The molecule has 0 atom stereocenters. The minimum absolute atomic E-state index is 0.0802. The van der Waals surface area contributed by atoms with Gasteiger partial charge in [-0.3, -0.25) is 0 Å². The number of ketones is 2. The van der Waals surface area contributed by atoms with Gasteiger partial charge in [-0.05, 0) is 0 Å². The molecule has 62 heavy (non-hydrogen) atoms. The van der Waals surface area contributed by atoms with E-state index in [1.54, 1.807) is 0 Å². The van der Waals surface area contributed by atoms with Gasteiger partial charge in [0.15, 0.2) is 0 Å². The fourth-order valence-corrected chi connectivity index (χ4v) is 37.6. The predicted octanol–water partition coefficient (Wildman–Crippen LogP) is 18.8. The van der Waals surface area contributed by atoms with Gasteiger partial charge in [0, 0.05) is 0 Å². The summed E-state index contributed by atoms with van der Waals surface area (Å²) in [6, 6.07) is 12.3. The molecular weight excluding hydrogens is 1270 g/mol. The van der Waals surface area contributed by atoms with Crippen LogP contribution in [0.3, 0.4) is 0 Å². The van der Waals surface area contributed by atoms with Gasteiger partial charge < -0.3 is 0 Å². The van der Waals surface area contributed by atoms with Crippen molar-refractivity contribution in [1.29, 1.82) is 0 Å². The molecule has 0 fully saturated rings. The maximum absolute atomic E-state index is 14.3. The van der Waals surface area contributed by atoms with Crippen LogP contribution in [0.5, 0.6) is 5.75 Å². The number of carbonyl (C=O) groups is 2. The number of benzene rings is 3. The van der Waals surface area contributed by atoms with E-state index in [4.69, 9.17) is 222 Å². The molecule has 0 radical (unpaired) electrons. The second-order valence-electron chi connectivity index (χ2n) is 12.5. The second kappa shape index (κ2) is 19.6. The Morgan fingerprint density at radius 3 is 0.935 bits per heavy atom. The number of carbonyl (C=O) groups excluding carboxylic acids is 2. The zero-order valence-electron chi connectivity index (χ0n) is 29.0. The van der Waals surface area contributed by atoms with Gasteiger partial charge >= 0.3 is 444 Å². The van der Waals surface area contributed by atoms with E-state index >= 15 is 0 Å². The molecule has 0 saturated carbocycles. The molecule has 0 spiro atoms. The Kier molecular flexibility index (Phi) is 18.5. The van der Waals surface area contributed by atoms with Crippen LogP contribution in [0.2, 0.25) is 0 Å². The monoisotopic (exact) mass is 1270 g/mol. The molecule has 0 unspecified atom stereocenters. The van der Waals surface area contributed by atoms with Crippen molar-refractivity contribution >= 4 is 241 Å². The third-order valence-electron chi connectivity index (χ3n) is 8.73. The Morgan fingerprint density at radius 2 is 0.710 bits per heavy atom. The molecule has 3 aromatic carbocycles. The first-order valence-corrected chi connectivity index (χ1v) is 26.9. The van der Waals surface area contributed by atoms with E-state index in [0.717, 1.165) is 24.3 Å². The van der Waals surface area contributed by atoms with Crippen LogP contribution in [0.15, 0.2) is 78.9 Å². The Balaban J connectivity index is 2.76. The summed E-state index contributed by atoms with van der Waals surface area (Å²) in [5, 5.41) is 0. The van der Waals surface area contributed by atoms with Crippen LogP contribution < -0.4 is 4.65 Å². The zero-order valence-corrected chi connectivity index (χ0v) is 44.4. The van der Waals surface area contributed by atoms with Crippen molar-refractivity contribution in [2.45, 2.75) is 33.6 Å². The molecule has 0 aliphatic carbocycles. The summed E-state index contributed by atoms with van der Waals surface area (Å²) in [5.41, 5.74) is -4.73. The van der Waals surface area contributed by atoms with E-state index < -0.39 is 95.3 Å². The number of hydrogen-bond donors (Lipinski definition) is 0. The fraction of sp³-hybridized carbons (Fsp3) is 0.333. The van der Waals surface area contributed by atoms with Crippen molar-refractivity contribution in [2.75, 3.05) is 12.3 Å². The van der Waals surface area contributed by atoms with Crippen LogP contribution in [0.4, 0.5) is 26.3 Å². The van der Waals surface area contributed by atoms with Crippen LogP contribution in [0, 0.1) is 0 Å². The van der Waals surface area contributed by atoms with E-state index in [0.29, 0.717) is 0 Å². The quantitative estimate of drug-likeness (QED) is 0.0595. The number of Topliss-reactive ketones (excluding diaryl/α,β-unsaturated/α-hetero) is 2. The molecular formula is C30H17BCl18F6O5P2. The average molecular weight is 1280 g/mol. The normalized spacial score (nSPS) is 15.5. The first-order chi connectivity index (χ1) is 27.5. The van der Waals surface area contributed by atoms with Crippen LogP contribution >= 0.6 is 222 Å². The van der Waals surface area contributed by atoms with Crippen molar-refractivity contribution in [3.05, 3.63) is 101 Å². The molecule has 348 valence electrons. The average Bonchev–Trinajstić information content (AvgIpc) is 3.07. The van der Waals surface area contributed by atoms with Crippen molar-refractivity contribution in [3.8, 4) is 5.75 Å². The molecule has 0 aliphatic rings. The van der Waals surface area contributed by atoms with E-state index in [1.165, 1.54) is 36.4 Å². The van der Waals surface area contributed by atoms with Crippen molar-refractivity contribution in [1.82, 2.24) is 0 Å². The van der Waals surface area contributed by atoms with Crippen LogP contribution in [0.25, 0.3) is 0 Å². The molecule has 0 N–H and O–H groups in total. The summed E-state index contributed by atoms with van der Waals surface area (Å²) >= 11 is 119. The maximum atomic E-state index is 14.3. The van der Waals surface area contributed by atoms with Crippen LogP contribution in [-0.4, -0.2) is 52.4 Å². The van der Waals surface area contributed by atoms with E-state index in [1.807, 2.05) is 0 Å². The summed E-state index contributed by atoms with van der Waals surface area (Å²) in [5.74, 6) is -4.10. The van der Waals surface area contributed by atoms with Gasteiger partial charge in [0.1, 0.15) is 0 Å². The Hall–Kier alpha value is 2.44. The van der Waals surface area contributed by atoms with Crippen molar-refractivity contribution in [2.24, 2.45) is 0 Å². The standard InChI is InChI=1S/C30H17BCl18F6O5P2/c32-25(33,34)61(26(35,36)37,27(38,39)40,14-21(56)16-7-3-1-4-8-16)59-31(58-20-12-18(23(50,51)52)11-19(13-20)24(53,54)55)60-62(28(41,42)43,29(44,45)46,30(47,48)49)15-22(57)17-9-5-2-6-10-17/h1-13H,14-15H2. The summed E-state index contributed by atoms with van der Waals surface area (Å²) in [6.45, 7) is -14.2. The van der Waals surface area contributed by atoms with Gasteiger partial charge in [0.25, 0.3) is 0 Å². The van der Waals surface area contributed by atoms with Gasteiger partial charge in [-0.15, -0.1) is 0 Å². The van der Waals surface area contributed by atoms with Gasteiger partial charge in [0.2, 0.25) is 0 Å². The molecule has 0 aliphatic heterocycles. The zero-order chi connectivity index (χ0) is 48.2. The third-order valence-corrected chi connectivity index (χ3v) is 37.5. The Bertz CT molecular complexity index is 1900. The van der Waals surface area contributed by atoms with Crippen LogP contribution in [0.1, 0.15) is 31.8 Å². The van der Waals surface area contributed by atoms with Gasteiger partial charge in [-0.2, -0.15) is 0 Å². The molecule has 0 saturated heterocycles. The molecule has 0 amide bonds. The number of halogens is 24. The summed E-state index contributed by atoms with van der Waals surface area (Å²) in [7, 11) is -3.58. The number of rotatable bonds is 12. The molecule has 0 heterocycles. The van der Waals surface area contributed by atoms with Gasteiger partial charge in [-0.25, -0.2) is 0 Å². The van der Waals surface area contributed by atoms with E-state index in [-0.39, 0.29) is 29.3 Å². The van der Waals surface area contributed by atoms with Crippen LogP contribution in [-0.2, 0) is 21.2 Å². The number of hydrogen-bond acceptors (Lipinski definition) is 5. The Morgan fingerprint density at radius 1 is 0.452 bits per heavy atom. The summed E-state index contributed by atoms with van der Waals surface area (Å²) < 4.78 is 81.5. The van der Waals surface area contributed by atoms with E-state index in [9.17, 15) is 35.9 Å². The predicted molar refractivity (Wildman–Crippen MR) is 252 cm³/mol. The SMILES string of the molecule is O=C(CP(OB(Oc1cc(C(F)(F)F)cc(C(F)(F)F)c1)OP(CC(=O)c1ccccc1)(C(Cl)(Cl)Cl)(C(Cl)(Cl)Cl)C(Cl)(Cl)Cl)(C(Cl)(Cl)Cl)(C(Cl)(Cl)Cl)C(Cl)(Cl)Cl)c1ccccc1. The number of alkyl halides is 24. The molecule has 32 heteroatoms. The minimum atomic E-state index is -7.09. The van der Waals surface area contributed by atoms with E-state index in [2.05, 4.69) is 0 Å². The first-order valence-electron chi connectivity index (χ1n) is 15.5. The summed E-state index contributed by atoms with van der Waals surface area (Å²) in [6.07, 6.45) is -14.5. The molecule has 0 aromatic heterocycles. The third kappa shape index (κ3) is 10.4. The molecule has 3 rings (SSSR count). The molecule has 5 nitrogen and oxygen atoms in total.